The number of rotatable bonds is 13. The molecule has 0 amide bonds. The van der Waals surface area contributed by atoms with E-state index in [4.69, 9.17) is 5.11 Å². The van der Waals surface area contributed by atoms with Gasteiger partial charge in [0.2, 0.25) is 0 Å². The second kappa shape index (κ2) is 13.2. The van der Waals surface area contributed by atoms with E-state index in [9.17, 15) is 29.6 Å². The summed E-state index contributed by atoms with van der Waals surface area (Å²) >= 11 is 0. The molecule has 0 saturated carbocycles. The number of aliphatic hydroxyl groups is 4. The van der Waals surface area contributed by atoms with E-state index in [1.165, 1.54) is 18.2 Å². The summed E-state index contributed by atoms with van der Waals surface area (Å²) in [5, 5.41) is 47.8. The molecule has 0 aliphatic heterocycles. The molecule has 0 bridgehead atoms. The van der Waals surface area contributed by atoms with E-state index in [1.54, 1.807) is 18.2 Å². The van der Waals surface area contributed by atoms with Crippen molar-refractivity contribution >= 4 is 12.0 Å². The molecule has 5 N–H and O–H groups in total. The van der Waals surface area contributed by atoms with Gasteiger partial charge in [-0.1, -0.05) is 25.1 Å². The molecule has 0 fully saturated rings. The second-order valence-corrected chi connectivity index (χ2v) is 8.19. The standard InChI is InChI=1S/C25H32FNO6/c1-16(17-4-6-19(26)7-5-17)11-18-12-20(27-24(3-2-10-28)23(18)15-29)8-9-21(30)13-22(31)14-25(32)33/h4-9,12,16,21-22,28-31H,2-3,10-11,13-15H2,1H3,(H,32,33). The quantitative estimate of drug-likeness (QED) is 0.310. The summed E-state index contributed by atoms with van der Waals surface area (Å²) in [5.41, 5.74) is 3.68. The molecule has 0 aliphatic carbocycles. The molecule has 180 valence electrons. The topological polar surface area (TPSA) is 131 Å². The number of aryl methyl sites for hydroxylation is 1. The van der Waals surface area contributed by atoms with Gasteiger partial charge < -0.3 is 25.5 Å². The molecule has 0 radical (unpaired) electrons. The van der Waals surface area contributed by atoms with Crippen LogP contribution in [0.1, 0.15) is 60.2 Å². The molecule has 1 aromatic heterocycles. The number of aliphatic carboxylic acids is 1. The minimum absolute atomic E-state index is 0.0197. The van der Waals surface area contributed by atoms with Crippen LogP contribution in [0.15, 0.2) is 36.4 Å². The van der Waals surface area contributed by atoms with Gasteiger partial charge in [-0.15, -0.1) is 0 Å². The van der Waals surface area contributed by atoms with Crippen molar-refractivity contribution in [1.29, 1.82) is 0 Å². The van der Waals surface area contributed by atoms with Crippen LogP contribution in [0.4, 0.5) is 4.39 Å². The highest BCUT2D eigenvalue weighted by molar-refractivity contribution is 5.67. The largest absolute Gasteiger partial charge is 0.481 e. The maximum atomic E-state index is 13.3. The molecular formula is C25H32FNO6. The molecule has 33 heavy (non-hydrogen) atoms. The lowest BCUT2D eigenvalue weighted by Gasteiger charge is -2.18. The molecule has 0 aliphatic rings. The van der Waals surface area contributed by atoms with Crippen molar-refractivity contribution in [3.63, 3.8) is 0 Å². The maximum Gasteiger partial charge on any atom is 0.305 e. The molecule has 2 aromatic rings. The van der Waals surface area contributed by atoms with Crippen LogP contribution in [-0.4, -0.2) is 55.3 Å². The monoisotopic (exact) mass is 461 g/mol. The summed E-state index contributed by atoms with van der Waals surface area (Å²) in [6.45, 7) is 1.77. The van der Waals surface area contributed by atoms with E-state index < -0.39 is 24.6 Å². The predicted molar refractivity (Wildman–Crippen MR) is 122 cm³/mol. The first-order valence-electron chi connectivity index (χ1n) is 11.0. The van der Waals surface area contributed by atoms with Gasteiger partial charge >= 0.3 is 5.97 Å². The van der Waals surface area contributed by atoms with Gasteiger partial charge in [0.1, 0.15) is 5.82 Å². The molecule has 0 saturated heterocycles. The number of benzene rings is 1. The summed E-state index contributed by atoms with van der Waals surface area (Å²) in [7, 11) is 0. The predicted octanol–water partition coefficient (Wildman–Crippen LogP) is 2.58. The molecule has 1 aromatic carbocycles. The highest BCUT2D eigenvalue weighted by Gasteiger charge is 2.16. The number of carboxylic acids is 1. The number of aliphatic hydroxyl groups excluding tert-OH is 4. The average molecular weight is 462 g/mol. The van der Waals surface area contributed by atoms with Crippen LogP contribution < -0.4 is 0 Å². The molecule has 1 heterocycles. The van der Waals surface area contributed by atoms with E-state index >= 15 is 0 Å². The minimum Gasteiger partial charge on any atom is -0.481 e. The number of carbonyl (C=O) groups is 1. The highest BCUT2D eigenvalue weighted by Crippen LogP contribution is 2.26. The molecule has 0 spiro atoms. The van der Waals surface area contributed by atoms with E-state index in [0.717, 1.165) is 11.1 Å². The minimum atomic E-state index is -1.17. The van der Waals surface area contributed by atoms with Gasteiger partial charge in [0, 0.05) is 24.3 Å². The zero-order chi connectivity index (χ0) is 24.4. The third kappa shape index (κ3) is 8.66. The van der Waals surface area contributed by atoms with E-state index in [2.05, 4.69) is 4.98 Å². The lowest BCUT2D eigenvalue weighted by molar-refractivity contribution is -0.139. The van der Waals surface area contributed by atoms with Crippen LogP contribution in [0.3, 0.4) is 0 Å². The molecular weight excluding hydrogens is 429 g/mol. The fraction of sp³-hybridized carbons (Fsp3) is 0.440. The number of halogens is 1. The van der Waals surface area contributed by atoms with E-state index in [0.29, 0.717) is 36.2 Å². The van der Waals surface area contributed by atoms with Crippen LogP contribution in [0.25, 0.3) is 6.08 Å². The van der Waals surface area contributed by atoms with Crippen molar-refractivity contribution in [2.45, 2.75) is 63.8 Å². The number of hydrogen-bond donors (Lipinski definition) is 5. The summed E-state index contributed by atoms with van der Waals surface area (Å²) < 4.78 is 13.3. The Bertz CT molecular complexity index is 931. The number of carboxylic acid groups (broad SMARTS) is 1. The number of pyridine rings is 1. The average Bonchev–Trinajstić information content (AvgIpc) is 2.75. The van der Waals surface area contributed by atoms with Crippen LogP contribution in [0, 0.1) is 5.82 Å². The lowest BCUT2D eigenvalue weighted by atomic mass is 9.90. The van der Waals surface area contributed by atoms with E-state index in [-0.39, 0.29) is 31.4 Å². The number of aromatic nitrogens is 1. The van der Waals surface area contributed by atoms with Gasteiger partial charge in [-0.25, -0.2) is 4.39 Å². The Labute approximate surface area is 192 Å². The fourth-order valence-corrected chi connectivity index (χ4v) is 3.71. The maximum absolute atomic E-state index is 13.3. The Balaban J connectivity index is 2.29. The Morgan fingerprint density at radius 1 is 1.18 bits per heavy atom. The first-order valence-corrected chi connectivity index (χ1v) is 11.0. The molecule has 3 atom stereocenters. The van der Waals surface area contributed by atoms with Crippen LogP contribution >= 0.6 is 0 Å². The number of nitrogens with zero attached hydrogens (tertiary/aromatic N) is 1. The van der Waals surface area contributed by atoms with E-state index in [1.807, 2.05) is 13.0 Å². The third-order valence-electron chi connectivity index (χ3n) is 5.43. The third-order valence-corrected chi connectivity index (χ3v) is 5.43. The lowest BCUT2D eigenvalue weighted by Crippen LogP contribution is -2.19. The van der Waals surface area contributed by atoms with Crippen molar-refractivity contribution in [3.05, 3.63) is 70.3 Å². The smallest absolute Gasteiger partial charge is 0.305 e. The van der Waals surface area contributed by atoms with Gasteiger partial charge in [-0.3, -0.25) is 9.78 Å². The van der Waals surface area contributed by atoms with Gasteiger partial charge in [0.15, 0.2) is 0 Å². The van der Waals surface area contributed by atoms with Crippen molar-refractivity contribution in [2.75, 3.05) is 6.61 Å². The van der Waals surface area contributed by atoms with Crippen molar-refractivity contribution in [1.82, 2.24) is 4.98 Å². The first-order chi connectivity index (χ1) is 15.7. The molecule has 3 unspecified atom stereocenters. The zero-order valence-corrected chi connectivity index (χ0v) is 18.7. The molecule has 7 nitrogen and oxygen atoms in total. The molecule has 8 heteroatoms. The summed E-state index contributed by atoms with van der Waals surface area (Å²) in [6.07, 6.45) is 1.74. The summed E-state index contributed by atoms with van der Waals surface area (Å²) in [4.78, 5) is 15.2. The Morgan fingerprint density at radius 3 is 2.48 bits per heavy atom. The second-order valence-electron chi connectivity index (χ2n) is 8.19. The Morgan fingerprint density at radius 2 is 1.88 bits per heavy atom. The van der Waals surface area contributed by atoms with Crippen molar-refractivity contribution < 1.29 is 34.7 Å². The summed E-state index contributed by atoms with van der Waals surface area (Å²) in [6, 6.07) is 8.09. The molecule has 2 rings (SSSR count). The van der Waals surface area contributed by atoms with Crippen LogP contribution in [-0.2, 0) is 24.2 Å². The Hall–Kier alpha value is -2.65. The van der Waals surface area contributed by atoms with Crippen LogP contribution in [0.5, 0.6) is 0 Å². The van der Waals surface area contributed by atoms with Gasteiger partial charge in [0.25, 0.3) is 0 Å². The van der Waals surface area contributed by atoms with Gasteiger partial charge in [-0.05, 0) is 60.6 Å². The Kier molecular flexibility index (Phi) is 10.6. The van der Waals surface area contributed by atoms with Gasteiger partial charge in [0.05, 0.1) is 30.9 Å². The van der Waals surface area contributed by atoms with Crippen molar-refractivity contribution in [2.24, 2.45) is 0 Å². The highest BCUT2D eigenvalue weighted by atomic mass is 19.1. The zero-order valence-electron chi connectivity index (χ0n) is 18.7. The van der Waals surface area contributed by atoms with Crippen LogP contribution in [0.2, 0.25) is 0 Å². The van der Waals surface area contributed by atoms with Crippen molar-refractivity contribution in [3.8, 4) is 0 Å². The fourth-order valence-electron chi connectivity index (χ4n) is 3.71. The first kappa shape index (κ1) is 26.6. The summed E-state index contributed by atoms with van der Waals surface area (Å²) in [5.74, 6) is -1.41. The normalized spacial score (nSPS) is 14.4. The SMILES string of the molecule is CC(Cc1cc(C=CC(O)CC(O)CC(=O)O)nc(CCCO)c1CO)c1ccc(F)cc1. The number of hydrogen-bond acceptors (Lipinski definition) is 6. The van der Waals surface area contributed by atoms with Gasteiger partial charge in [-0.2, -0.15) is 0 Å².